The van der Waals surface area contributed by atoms with Crippen molar-refractivity contribution in [3.8, 4) is 0 Å². The lowest BCUT2D eigenvalue weighted by Crippen LogP contribution is -2.57. The van der Waals surface area contributed by atoms with E-state index in [1.807, 2.05) is 16.7 Å². The highest BCUT2D eigenvalue weighted by atomic mass is 32.2. The second-order valence-corrected chi connectivity index (χ2v) is 4.88. The Bertz CT molecular complexity index is 265. The van der Waals surface area contributed by atoms with E-state index in [2.05, 4.69) is 11.9 Å². The fourth-order valence-electron chi connectivity index (χ4n) is 1.80. The normalized spacial score (nSPS) is 28.1. The minimum atomic E-state index is 0.177. The van der Waals surface area contributed by atoms with Crippen LogP contribution in [-0.2, 0) is 4.79 Å². The van der Waals surface area contributed by atoms with Crippen molar-refractivity contribution < 1.29 is 4.79 Å². The lowest BCUT2D eigenvalue weighted by molar-refractivity contribution is -0.127. The molecule has 0 aromatic heterocycles. The third-order valence-corrected chi connectivity index (χ3v) is 3.86. The molecule has 0 aromatic carbocycles. The molecular formula is C10H16N2OS. The lowest BCUT2D eigenvalue weighted by atomic mass is 10.1. The summed E-state index contributed by atoms with van der Waals surface area (Å²) < 4.78 is 0. The van der Waals surface area contributed by atoms with E-state index in [9.17, 15) is 4.79 Å². The first-order valence-electron chi connectivity index (χ1n) is 5.31. The molecule has 0 aliphatic carbocycles. The number of amides is 1. The SMILES string of the molecule is CCCCCN=C1C(=O)N2CCSC12. The number of hydrogen-bond donors (Lipinski definition) is 0. The van der Waals surface area contributed by atoms with Crippen LogP contribution in [-0.4, -0.2) is 40.7 Å². The number of thioether (sulfide) groups is 1. The molecule has 2 rings (SSSR count). The van der Waals surface area contributed by atoms with E-state index in [-0.39, 0.29) is 5.91 Å². The number of nitrogens with zero attached hydrogens (tertiary/aromatic N) is 2. The molecule has 0 spiro atoms. The summed E-state index contributed by atoms with van der Waals surface area (Å²) in [7, 11) is 0. The van der Waals surface area contributed by atoms with Crippen LogP contribution in [0.15, 0.2) is 4.99 Å². The molecule has 2 heterocycles. The highest BCUT2D eigenvalue weighted by Crippen LogP contribution is 2.33. The molecule has 0 aromatic rings. The summed E-state index contributed by atoms with van der Waals surface area (Å²) in [5, 5.41) is 0.309. The maximum absolute atomic E-state index is 11.5. The first kappa shape index (κ1) is 10.0. The van der Waals surface area contributed by atoms with Gasteiger partial charge in [-0.05, 0) is 6.42 Å². The predicted octanol–water partition coefficient (Wildman–Crippen LogP) is 1.53. The molecule has 0 radical (unpaired) electrons. The summed E-state index contributed by atoms with van der Waals surface area (Å²) in [6.45, 7) is 3.93. The molecule has 1 atom stereocenters. The van der Waals surface area contributed by atoms with Gasteiger partial charge in [0.1, 0.15) is 11.1 Å². The Morgan fingerprint density at radius 1 is 1.57 bits per heavy atom. The summed E-state index contributed by atoms with van der Waals surface area (Å²) in [4.78, 5) is 17.8. The number of fused-ring (bicyclic) bond motifs is 1. The average molecular weight is 212 g/mol. The topological polar surface area (TPSA) is 32.7 Å². The molecule has 2 saturated heterocycles. The van der Waals surface area contributed by atoms with Crippen LogP contribution >= 0.6 is 11.8 Å². The minimum absolute atomic E-state index is 0.177. The molecule has 3 nitrogen and oxygen atoms in total. The molecule has 1 amide bonds. The number of hydrogen-bond acceptors (Lipinski definition) is 3. The van der Waals surface area contributed by atoms with Crippen molar-refractivity contribution in [3.05, 3.63) is 0 Å². The van der Waals surface area contributed by atoms with Gasteiger partial charge in [-0.15, -0.1) is 11.8 Å². The Balaban J connectivity index is 1.83. The van der Waals surface area contributed by atoms with Crippen molar-refractivity contribution in [2.45, 2.75) is 31.6 Å². The van der Waals surface area contributed by atoms with Gasteiger partial charge in [0.05, 0.1) is 0 Å². The largest absolute Gasteiger partial charge is 0.319 e. The van der Waals surface area contributed by atoms with Crippen LogP contribution in [0.1, 0.15) is 26.2 Å². The fraction of sp³-hybridized carbons (Fsp3) is 0.800. The molecule has 2 fully saturated rings. The molecule has 2 aliphatic rings. The maximum atomic E-state index is 11.5. The van der Waals surface area contributed by atoms with Gasteiger partial charge in [0.25, 0.3) is 5.91 Å². The number of β-lactam (4-membered cyclic amide) rings is 1. The first-order chi connectivity index (χ1) is 6.84. The van der Waals surface area contributed by atoms with Gasteiger partial charge >= 0.3 is 0 Å². The summed E-state index contributed by atoms with van der Waals surface area (Å²) in [6.07, 6.45) is 3.54. The van der Waals surface area contributed by atoms with Gasteiger partial charge < -0.3 is 4.90 Å². The number of rotatable bonds is 4. The predicted molar refractivity (Wildman–Crippen MR) is 59.8 cm³/mol. The number of aliphatic imine (C=N–C) groups is 1. The summed E-state index contributed by atoms with van der Waals surface area (Å²) in [5.74, 6) is 1.25. The molecule has 1 unspecified atom stereocenters. The summed E-state index contributed by atoms with van der Waals surface area (Å²) in [6, 6.07) is 0. The van der Waals surface area contributed by atoms with Gasteiger partial charge in [-0.25, -0.2) is 0 Å². The van der Waals surface area contributed by atoms with Crippen LogP contribution in [0.4, 0.5) is 0 Å². The van der Waals surface area contributed by atoms with Crippen LogP contribution in [0.3, 0.4) is 0 Å². The number of carbonyl (C=O) groups is 1. The van der Waals surface area contributed by atoms with Crippen molar-refractivity contribution in [1.29, 1.82) is 0 Å². The molecule has 14 heavy (non-hydrogen) atoms. The average Bonchev–Trinajstić information content (AvgIpc) is 2.62. The number of carbonyl (C=O) groups excluding carboxylic acids is 1. The lowest BCUT2D eigenvalue weighted by Gasteiger charge is -2.34. The van der Waals surface area contributed by atoms with E-state index in [0.717, 1.165) is 31.0 Å². The maximum Gasteiger partial charge on any atom is 0.272 e. The van der Waals surface area contributed by atoms with E-state index in [4.69, 9.17) is 0 Å². The van der Waals surface area contributed by atoms with Crippen LogP contribution < -0.4 is 0 Å². The third-order valence-electron chi connectivity index (χ3n) is 2.65. The second kappa shape index (κ2) is 4.34. The first-order valence-corrected chi connectivity index (χ1v) is 6.36. The Kier molecular flexibility index (Phi) is 3.11. The molecule has 0 bridgehead atoms. The Morgan fingerprint density at radius 2 is 2.43 bits per heavy atom. The zero-order valence-corrected chi connectivity index (χ0v) is 9.35. The van der Waals surface area contributed by atoms with Gasteiger partial charge in [0.2, 0.25) is 0 Å². The Hall–Kier alpha value is -0.510. The molecule has 4 heteroatoms. The van der Waals surface area contributed by atoms with Crippen molar-refractivity contribution >= 4 is 23.4 Å². The molecule has 0 N–H and O–H groups in total. The van der Waals surface area contributed by atoms with Gasteiger partial charge in [-0.2, -0.15) is 0 Å². The zero-order valence-electron chi connectivity index (χ0n) is 8.53. The van der Waals surface area contributed by atoms with Crippen molar-refractivity contribution in [3.63, 3.8) is 0 Å². The van der Waals surface area contributed by atoms with Gasteiger partial charge in [-0.1, -0.05) is 19.8 Å². The minimum Gasteiger partial charge on any atom is -0.319 e. The molecule has 78 valence electrons. The summed E-state index contributed by atoms with van der Waals surface area (Å²) >= 11 is 1.84. The third kappa shape index (κ3) is 1.67. The van der Waals surface area contributed by atoms with E-state index >= 15 is 0 Å². The van der Waals surface area contributed by atoms with Gasteiger partial charge in [-0.3, -0.25) is 9.79 Å². The quantitative estimate of drug-likeness (QED) is 0.523. The zero-order chi connectivity index (χ0) is 9.97. The number of unbranched alkanes of at least 4 members (excludes halogenated alkanes) is 2. The smallest absolute Gasteiger partial charge is 0.272 e. The van der Waals surface area contributed by atoms with E-state index in [1.54, 1.807) is 0 Å². The fourth-order valence-corrected chi connectivity index (χ4v) is 3.04. The Labute approximate surface area is 89.0 Å². The van der Waals surface area contributed by atoms with Gasteiger partial charge in [0, 0.05) is 18.8 Å². The van der Waals surface area contributed by atoms with Crippen LogP contribution in [0.5, 0.6) is 0 Å². The second-order valence-electron chi connectivity index (χ2n) is 3.70. The monoisotopic (exact) mass is 212 g/mol. The molecule has 0 saturated carbocycles. The van der Waals surface area contributed by atoms with Crippen molar-refractivity contribution in [1.82, 2.24) is 4.90 Å². The van der Waals surface area contributed by atoms with Crippen LogP contribution in [0.25, 0.3) is 0 Å². The Morgan fingerprint density at radius 3 is 3.21 bits per heavy atom. The van der Waals surface area contributed by atoms with E-state index in [0.29, 0.717) is 5.37 Å². The highest BCUT2D eigenvalue weighted by molar-refractivity contribution is 8.01. The van der Waals surface area contributed by atoms with E-state index in [1.165, 1.54) is 12.8 Å². The van der Waals surface area contributed by atoms with Crippen molar-refractivity contribution in [2.24, 2.45) is 4.99 Å². The highest BCUT2D eigenvalue weighted by Gasteiger charge is 2.46. The van der Waals surface area contributed by atoms with Gasteiger partial charge in [0.15, 0.2) is 0 Å². The standard InChI is InChI=1S/C10H16N2OS/c1-2-3-4-5-11-8-9(13)12-6-7-14-10(8)12/h10H,2-7H2,1H3. The van der Waals surface area contributed by atoms with E-state index < -0.39 is 0 Å². The molecule has 2 aliphatic heterocycles. The summed E-state index contributed by atoms with van der Waals surface area (Å²) in [5.41, 5.74) is 0.823. The molecular weight excluding hydrogens is 196 g/mol. The van der Waals surface area contributed by atoms with Crippen LogP contribution in [0, 0.1) is 0 Å². The van der Waals surface area contributed by atoms with Crippen molar-refractivity contribution in [2.75, 3.05) is 18.8 Å². The van der Waals surface area contributed by atoms with Crippen LogP contribution in [0.2, 0.25) is 0 Å².